The van der Waals surface area contributed by atoms with Gasteiger partial charge in [0, 0.05) is 18.6 Å². The first kappa shape index (κ1) is 18.3. The summed E-state index contributed by atoms with van der Waals surface area (Å²) in [7, 11) is 3.30. The lowest BCUT2D eigenvalue weighted by molar-refractivity contribution is -0.118. The van der Waals surface area contributed by atoms with Crippen molar-refractivity contribution in [3.8, 4) is 5.75 Å². The number of carbonyl (C=O) groups excluding carboxylic acids is 2. The average Bonchev–Trinajstić information content (AvgIpc) is 2.53. The van der Waals surface area contributed by atoms with Crippen LogP contribution in [0.3, 0.4) is 0 Å². The molecule has 126 valence electrons. The molecule has 0 aromatic heterocycles. The molecular formula is C17H16BrClN2O3. The lowest BCUT2D eigenvalue weighted by Crippen LogP contribution is -2.25. The number of rotatable bonds is 5. The summed E-state index contributed by atoms with van der Waals surface area (Å²) in [6.07, 6.45) is 0. The van der Waals surface area contributed by atoms with E-state index in [1.165, 1.54) is 4.90 Å². The summed E-state index contributed by atoms with van der Waals surface area (Å²) in [5.74, 6) is -0.163. The van der Waals surface area contributed by atoms with Crippen molar-refractivity contribution in [2.24, 2.45) is 0 Å². The van der Waals surface area contributed by atoms with Crippen molar-refractivity contribution in [3.63, 3.8) is 0 Å². The Morgan fingerprint density at radius 3 is 2.58 bits per heavy atom. The molecule has 5 nitrogen and oxygen atoms in total. The highest BCUT2D eigenvalue weighted by molar-refractivity contribution is 9.10. The van der Waals surface area contributed by atoms with Crippen LogP contribution in [0.25, 0.3) is 0 Å². The molecule has 7 heteroatoms. The first-order valence-corrected chi connectivity index (χ1v) is 8.24. The van der Waals surface area contributed by atoms with Gasteiger partial charge < -0.3 is 15.0 Å². The second-order valence-electron chi connectivity index (χ2n) is 5.16. The molecule has 0 spiro atoms. The number of ether oxygens (including phenoxy) is 1. The van der Waals surface area contributed by atoms with Gasteiger partial charge >= 0.3 is 0 Å². The molecule has 0 atom stereocenters. The largest absolute Gasteiger partial charge is 0.482 e. The van der Waals surface area contributed by atoms with Crippen molar-refractivity contribution >= 4 is 45.0 Å². The first-order valence-electron chi connectivity index (χ1n) is 7.07. The summed E-state index contributed by atoms with van der Waals surface area (Å²) < 4.78 is 6.23. The van der Waals surface area contributed by atoms with Crippen LogP contribution in [-0.2, 0) is 4.79 Å². The zero-order chi connectivity index (χ0) is 17.7. The van der Waals surface area contributed by atoms with Gasteiger partial charge in [0.1, 0.15) is 5.75 Å². The van der Waals surface area contributed by atoms with Gasteiger partial charge in [0.15, 0.2) is 6.61 Å². The molecule has 24 heavy (non-hydrogen) atoms. The van der Waals surface area contributed by atoms with Crippen LogP contribution in [0.1, 0.15) is 10.4 Å². The van der Waals surface area contributed by atoms with Gasteiger partial charge in [0.05, 0.1) is 16.3 Å². The fourth-order valence-corrected chi connectivity index (χ4v) is 2.67. The van der Waals surface area contributed by atoms with E-state index in [0.717, 1.165) is 4.47 Å². The predicted octanol–water partition coefficient (Wildman–Crippen LogP) is 3.82. The van der Waals surface area contributed by atoms with Crippen LogP contribution in [-0.4, -0.2) is 37.4 Å². The van der Waals surface area contributed by atoms with Gasteiger partial charge in [-0.3, -0.25) is 9.59 Å². The van der Waals surface area contributed by atoms with E-state index in [2.05, 4.69) is 21.2 Å². The van der Waals surface area contributed by atoms with Gasteiger partial charge in [-0.2, -0.15) is 0 Å². The van der Waals surface area contributed by atoms with E-state index in [9.17, 15) is 9.59 Å². The third kappa shape index (κ3) is 4.72. The third-order valence-corrected chi connectivity index (χ3v) is 3.88. The van der Waals surface area contributed by atoms with Gasteiger partial charge in [0.2, 0.25) is 0 Å². The van der Waals surface area contributed by atoms with Crippen molar-refractivity contribution in [1.82, 2.24) is 4.90 Å². The quantitative estimate of drug-likeness (QED) is 0.813. The van der Waals surface area contributed by atoms with Crippen LogP contribution in [0.4, 0.5) is 5.69 Å². The fourth-order valence-electron chi connectivity index (χ4n) is 1.94. The highest BCUT2D eigenvalue weighted by Crippen LogP contribution is 2.27. The molecule has 0 unspecified atom stereocenters. The average molecular weight is 412 g/mol. The maximum Gasteiger partial charge on any atom is 0.262 e. The summed E-state index contributed by atoms with van der Waals surface area (Å²) in [4.78, 5) is 25.7. The Bertz CT molecular complexity index is 765. The number of amides is 2. The van der Waals surface area contributed by atoms with Gasteiger partial charge in [-0.25, -0.2) is 0 Å². The van der Waals surface area contributed by atoms with E-state index in [4.69, 9.17) is 16.3 Å². The molecular weight excluding hydrogens is 396 g/mol. The number of hydrogen-bond acceptors (Lipinski definition) is 3. The van der Waals surface area contributed by atoms with Crippen molar-refractivity contribution in [2.45, 2.75) is 0 Å². The molecule has 1 N–H and O–H groups in total. The number of halogens is 2. The fraction of sp³-hybridized carbons (Fsp3) is 0.176. The normalized spacial score (nSPS) is 10.2. The van der Waals surface area contributed by atoms with Gasteiger partial charge in [-0.05, 0) is 30.3 Å². The highest BCUT2D eigenvalue weighted by Gasteiger charge is 2.15. The summed E-state index contributed by atoms with van der Waals surface area (Å²) in [5.41, 5.74) is 0.851. The van der Waals surface area contributed by atoms with Crippen LogP contribution >= 0.6 is 27.5 Å². The number of hydrogen-bond donors (Lipinski definition) is 1. The number of para-hydroxylation sites is 1. The third-order valence-electron chi connectivity index (χ3n) is 3.09. The van der Waals surface area contributed by atoms with E-state index < -0.39 is 0 Å². The van der Waals surface area contributed by atoms with Gasteiger partial charge in [-0.15, -0.1) is 0 Å². The summed E-state index contributed by atoms with van der Waals surface area (Å²) in [6.45, 7) is -0.216. The second-order valence-corrected chi connectivity index (χ2v) is 6.48. The monoisotopic (exact) mass is 410 g/mol. The second kappa shape index (κ2) is 8.17. The molecule has 2 aromatic carbocycles. The van der Waals surface area contributed by atoms with Crippen molar-refractivity contribution in [1.29, 1.82) is 0 Å². The lowest BCUT2D eigenvalue weighted by atomic mass is 10.1. The first-order chi connectivity index (χ1) is 11.4. The van der Waals surface area contributed by atoms with E-state index in [1.807, 2.05) is 0 Å². The minimum atomic E-state index is -0.381. The van der Waals surface area contributed by atoms with Crippen LogP contribution in [0.15, 0.2) is 46.9 Å². The maximum absolute atomic E-state index is 12.1. The molecule has 0 saturated carbocycles. The molecule has 2 amide bonds. The van der Waals surface area contributed by atoms with Crippen LogP contribution < -0.4 is 10.1 Å². The standard InChI is InChI=1S/C17H16BrClN2O3/c1-21(2)17(23)12-5-3-4-6-14(12)20-16(22)10-24-15-8-7-11(18)9-13(15)19/h3-9H,10H2,1-2H3,(H,20,22). The molecule has 0 saturated heterocycles. The molecule has 2 rings (SSSR count). The number of carbonyl (C=O) groups is 2. The molecule has 0 fully saturated rings. The number of anilines is 1. The molecule has 0 aliphatic carbocycles. The molecule has 0 aliphatic heterocycles. The topological polar surface area (TPSA) is 58.6 Å². The van der Waals surface area contributed by atoms with Crippen LogP contribution in [0.2, 0.25) is 5.02 Å². The van der Waals surface area contributed by atoms with Crippen molar-refractivity contribution in [3.05, 3.63) is 57.5 Å². The Kier molecular flexibility index (Phi) is 6.23. The Labute approximate surface area is 153 Å². The summed E-state index contributed by atoms with van der Waals surface area (Å²) in [5, 5.41) is 3.09. The van der Waals surface area contributed by atoms with Gasteiger partial charge in [0.25, 0.3) is 11.8 Å². The van der Waals surface area contributed by atoms with Gasteiger partial charge in [-0.1, -0.05) is 39.7 Å². The van der Waals surface area contributed by atoms with E-state index in [-0.39, 0.29) is 18.4 Å². The Balaban J connectivity index is 2.04. The van der Waals surface area contributed by atoms with Crippen LogP contribution in [0, 0.1) is 0 Å². The van der Waals surface area contributed by atoms with E-state index in [1.54, 1.807) is 56.6 Å². The van der Waals surface area contributed by atoms with Crippen molar-refractivity contribution < 1.29 is 14.3 Å². The maximum atomic E-state index is 12.1. The highest BCUT2D eigenvalue weighted by atomic mass is 79.9. The molecule has 0 radical (unpaired) electrons. The van der Waals surface area contributed by atoms with E-state index >= 15 is 0 Å². The zero-order valence-electron chi connectivity index (χ0n) is 13.2. The molecule has 2 aromatic rings. The minimum absolute atomic E-state index is 0.192. The number of benzene rings is 2. The number of nitrogens with zero attached hydrogens (tertiary/aromatic N) is 1. The summed E-state index contributed by atoms with van der Waals surface area (Å²) in [6, 6.07) is 11.9. The molecule has 0 bridgehead atoms. The Hall–Kier alpha value is -2.05. The Morgan fingerprint density at radius 1 is 1.21 bits per heavy atom. The molecule has 0 heterocycles. The molecule has 0 aliphatic rings. The smallest absolute Gasteiger partial charge is 0.262 e. The van der Waals surface area contributed by atoms with Crippen molar-refractivity contribution in [2.75, 3.05) is 26.0 Å². The number of nitrogens with one attached hydrogen (secondary N) is 1. The zero-order valence-corrected chi connectivity index (χ0v) is 15.5. The lowest BCUT2D eigenvalue weighted by Gasteiger charge is -2.15. The predicted molar refractivity (Wildman–Crippen MR) is 97.7 cm³/mol. The van der Waals surface area contributed by atoms with Crippen LogP contribution in [0.5, 0.6) is 5.75 Å². The minimum Gasteiger partial charge on any atom is -0.482 e. The van der Waals surface area contributed by atoms with E-state index in [0.29, 0.717) is 22.0 Å². The Morgan fingerprint density at radius 2 is 1.92 bits per heavy atom. The SMILES string of the molecule is CN(C)C(=O)c1ccccc1NC(=O)COc1ccc(Br)cc1Cl. The summed E-state index contributed by atoms with van der Waals surface area (Å²) >= 11 is 9.34.